The fourth-order valence-electron chi connectivity index (χ4n) is 5.88. The zero-order chi connectivity index (χ0) is 31.3. The highest BCUT2D eigenvalue weighted by atomic mass is 16.5. The Morgan fingerprint density at radius 3 is 1.15 bits per heavy atom. The fraction of sp³-hybridized carbons (Fsp3) is 0.0952. The lowest BCUT2D eigenvalue weighted by molar-refractivity contribution is 0.102. The number of ketones is 2. The van der Waals surface area contributed by atoms with Gasteiger partial charge in [0, 0.05) is 22.3 Å². The second kappa shape index (κ2) is 13.1. The standard InChI is InChI=1S/C42H32O4/c43-41(33-19-23-37(24-20-33)45-35-7-3-1-4-8-35)39-27-29-11-12-30-14-16-32(18-17-31(39)15-13-29)40(28-30)42(44)34-21-25-38(26-22-34)46-36-9-5-2-6-10-36/h1-10,13-16,19-28H,11-12,17-18H2. The number of ether oxygens (including phenoxy) is 2. The van der Waals surface area contributed by atoms with Crippen molar-refractivity contribution in [3.05, 3.63) is 190 Å². The number of rotatable bonds is 8. The Labute approximate surface area is 268 Å². The Kier molecular flexibility index (Phi) is 8.25. The number of hydrogen-bond acceptors (Lipinski definition) is 4. The summed E-state index contributed by atoms with van der Waals surface area (Å²) in [7, 11) is 0. The van der Waals surface area contributed by atoms with E-state index in [2.05, 4.69) is 24.3 Å². The van der Waals surface area contributed by atoms with Crippen LogP contribution in [0.3, 0.4) is 0 Å². The van der Waals surface area contributed by atoms with E-state index in [1.807, 2.05) is 121 Å². The monoisotopic (exact) mass is 600 g/mol. The van der Waals surface area contributed by atoms with E-state index in [1.54, 1.807) is 0 Å². The molecule has 0 atom stereocenters. The van der Waals surface area contributed by atoms with Gasteiger partial charge in [-0.2, -0.15) is 0 Å². The number of carbonyl (C=O) groups is 2. The SMILES string of the molecule is O=C(c1ccc(Oc2ccccc2)cc1)c1cc2ccc1CCc1ccc(cc1C(=O)c1ccc(Oc3ccccc3)cc1)CC2. The molecule has 0 spiro atoms. The summed E-state index contributed by atoms with van der Waals surface area (Å²) in [5, 5.41) is 0. The van der Waals surface area contributed by atoms with Crippen LogP contribution in [0, 0.1) is 0 Å². The van der Waals surface area contributed by atoms with E-state index in [9.17, 15) is 9.59 Å². The Balaban J connectivity index is 1.11. The molecule has 224 valence electrons. The van der Waals surface area contributed by atoms with Crippen molar-refractivity contribution < 1.29 is 19.1 Å². The molecule has 0 N–H and O–H groups in total. The molecule has 4 aliphatic rings. The average Bonchev–Trinajstić information content (AvgIpc) is 3.10. The number of aryl methyl sites for hydroxylation is 4. The molecule has 4 heteroatoms. The third-order valence-corrected chi connectivity index (χ3v) is 8.39. The second-order valence-electron chi connectivity index (χ2n) is 11.5. The van der Waals surface area contributed by atoms with Crippen LogP contribution in [0.1, 0.15) is 54.1 Å². The molecule has 4 bridgehead atoms. The summed E-state index contributed by atoms with van der Waals surface area (Å²) >= 11 is 0. The van der Waals surface area contributed by atoms with Crippen molar-refractivity contribution in [2.24, 2.45) is 0 Å². The van der Waals surface area contributed by atoms with Gasteiger partial charge in [-0.15, -0.1) is 0 Å². The first-order chi connectivity index (χ1) is 22.6. The van der Waals surface area contributed by atoms with Crippen LogP contribution in [-0.2, 0) is 25.7 Å². The third-order valence-electron chi connectivity index (χ3n) is 8.39. The highest BCUT2D eigenvalue weighted by Gasteiger charge is 2.19. The van der Waals surface area contributed by atoms with Crippen LogP contribution in [0.2, 0.25) is 0 Å². The molecule has 4 aliphatic carbocycles. The van der Waals surface area contributed by atoms with Gasteiger partial charge in [-0.05, 0) is 133 Å². The lowest BCUT2D eigenvalue weighted by Gasteiger charge is -2.17. The summed E-state index contributed by atoms with van der Waals surface area (Å²) in [6.45, 7) is 0. The van der Waals surface area contributed by atoms with Crippen LogP contribution in [0.5, 0.6) is 23.0 Å². The molecular formula is C42H32O4. The molecule has 6 aromatic rings. The first kappa shape index (κ1) is 29.0. The van der Waals surface area contributed by atoms with Crippen molar-refractivity contribution in [1.82, 2.24) is 0 Å². The van der Waals surface area contributed by atoms with Crippen molar-refractivity contribution in [1.29, 1.82) is 0 Å². The molecule has 0 saturated carbocycles. The molecule has 0 aromatic heterocycles. The van der Waals surface area contributed by atoms with Gasteiger partial charge in [0.1, 0.15) is 23.0 Å². The smallest absolute Gasteiger partial charge is 0.193 e. The summed E-state index contributed by atoms with van der Waals surface area (Å²) in [6.07, 6.45) is 2.81. The van der Waals surface area contributed by atoms with Crippen molar-refractivity contribution in [2.45, 2.75) is 25.7 Å². The first-order valence-electron chi connectivity index (χ1n) is 15.6. The van der Waals surface area contributed by atoms with Crippen LogP contribution in [0.4, 0.5) is 0 Å². The van der Waals surface area contributed by atoms with Crippen LogP contribution >= 0.6 is 0 Å². The Hall–Kier alpha value is -5.74. The maximum absolute atomic E-state index is 13.9. The van der Waals surface area contributed by atoms with E-state index < -0.39 is 0 Å². The molecule has 4 nitrogen and oxygen atoms in total. The minimum atomic E-state index is -0.0109. The van der Waals surface area contributed by atoms with Crippen LogP contribution in [0.15, 0.2) is 146 Å². The molecule has 6 aromatic carbocycles. The Morgan fingerprint density at radius 2 is 0.761 bits per heavy atom. The average molecular weight is 601 g/mol. The minimum Gasteiger partial charge on any atom is -0.457 e. The molecule has 0 fully saturated rings. The molecule has 10 rings (SSSR count). The maximum atomic E-state index is 13.9. The van der Waals surface area contributed by atoms with Crippen molar-refractivity contribution in [3.63, 3.8) is 0 Å². The van der Waals surface area contributed by atoms with Crippen molar-refractivity contribution in [2.75, 3.05) is 0 Å². The summed E-state index contributed by atoms with van der Waals surface area (Å²) in [5.41, 5.74) is 6.81. The Morgan fingerprint density at radius 1 is 0.391 bits per heavy atom. The topological polar surface area (TPSA) is 52.6 Å². The number of para-hydroxylation sites is 2. The highest BCUT2D eigenvalue weighted by Crippen LogP contribution is 2.28. The van der Waals surface area contributed by atoms with Crippen molar-refractivity contribution >= 4 is 11.6 Å². The predicted octanol–water partition coefficient (Wildman–Crippen LogP) is 9.62. The number of hydrogen-bond donors (Lipinski definition) is 0. The van der Waals surface area contributed by atoms with Gasteiger partial charge in [0.2, 0.25) is 0 Å². The summed E-state index contributed by atoms with van der Waals surface area (Å²) in [6, 6.07) is 46.3. The molecule has 0 aliphatic heterocycles. The lowest BCUT2D eigenvalue weighted by atomic mass is 9.87. The van der Waals surface area contributed by atoms with E-state index >= 15 is 0 Å². The van der Waals surface area contributed by atoms with E-state index in [-0.39, 0.29) is 11.6 Å². The summed E-state index contributed by atoms with van der Waals surface area (Å²) in [5.74, 6) is 2.83. The molecule has 0 radical (unpaired) electrons. The zero-order valence-electron chi connectivity index (χ0n) is 25.3. The molecular weight excluding hydrogens is 568 g/mol. The molecule has 0 unspecified atom stereocenters. The van der Waals surface area contributed by atoms with Gasteiger partial charge in [0.25, 0.3) is 0 Å². The van der Waals surface area contributed by atoms with Gasteiger partial charge < -0.3 is 9.47 Å². The van der Waals surface area contributed by atoms with E-state index in [0.29, 0.717) is 46.6 Å². The van der Waals surface area contributed by atoms with Gasteiger partial charge in [0.05, 0.1) is 0 Å². The largest absolute Gasteiger partial charge is 0.457 e. The molecule has 0 heterocycles. The minimum absolute atomic E-state index is 0.0109. The quantitative estimate of drug-likeness (QED) is 0.163. The highest BCUT2D eigenvalue weighted by molar-refractivity contribution is 6.11. The van der Waals surface area contributed by atoms with Gasteiger partial charge in [-0.1, -0.05) is 60.7 Å². The summed E-state index contributed by atoms with van der Waals surface area (Å²) in [4.78, 5) is 27.7. The van der Waals surface area contributed by atoms with E-state index in [0.717, 1.165) is 46.6 Å². The second-order valence-corrected chi connectivity index (χ2v) is 11.5. The maximum Gasteiger partial charge on any atom is 0.193 e. The van der Waals surface area contributed by atoms with Crippen LogP contribution < -0.4 is 9.47 Å². The summed E-state index contributed by atoms with van der Waals surface area (Å²) < 4.78 is 11.8. The van der Waals surface area contributed by atoms with Crippen LogP contribution in [0.25, 0.3) is 0 Å². The molecule has 0 saturated heterocycles. The molecule has 0 amide bonds. The first-order valence-corrected chi connectivity index (χ1v) is 15.6. The fourth-order valence-corrected chi connectivity index (χ4v) is 5.88. The third kappa shape index (κ3) is 6.52. The van der Waals surface area contributed by atoms with E-state index in [1.165, 1.54) is 0 Å². The van der Waals surface area contributed by atoms with Gasteiger partial charge in [0.15, 0.2) is 11.6 Å². The van der Waals surface area contributed by atoms with Gasteiger partial charge >= 0.3 is 0 Å². The normalized spacial score (nSPS) is 12.2. The number of carbonyl (C=O) groups excluding carboxylic acids is 2. The van der Waals surface area contributed by atoms with Gasteiger partial charge in [-0.25, -0.2) is 0 Å². The lowest BCUT2D eigenvalue weighted by Crippen LogP contribution is -2.11. The molecule has 46 heavy (non-hydrogen) atoms. The zero-order valence-corrected chi connectivity index (χ0v) is 25.3. The number of benzene rings is 6. The van der Waals surface area contributed by atoms with Gasteiger partial charge in [-0.3, -0.25) is 9.59 Å². The van der Waals surface area contributed by atoms with E-state index in [4.69, 9.17) is 9.47 Å². The predicted molar refractivity (Wildman–Crippen MR) is 180 cm³/mol. The Bertz CT molecular complexity index is 1850. The van der Waals surface area contributed by atoms with Crippen molar-refractivity contribution in [3.8, 4) is 23.0 Å². The van der Waals surface area contributed by atoms with Crippen LogP contribution in [-0.4, -0.2) is 11.6 Å².